The predicted octanol–water partition coefficient (Wildman–Crippen LogP) is -13.1. The fourth-order valence-electron chi connectivity index (χ4n) is 0. The summed E-state index contributed by atoms with van der Waals surface area (Å²) in [6.07, 6.45) is 0. The Balaban J connectivity index is -0.0000000192. The van der Waals surface area contributed by atoms with Crippen molar-refractivity contribution in [3.8, 4) is 0 Å². The first-order valence-electron chi connectivity index (χ1n) is 2.96. The first-order valence-corrected chi connectivity index (χ1v) is 2.96. The molecular formula is H6B4Mg3O12. The van der Waals surface area contributed by atoms with E-state index in [1.807, 2.05) is 0 Å². The zero-order chi connectivity index (χ0) is 14.3. The molecule has 0 atom stereocenters. The molecule has 96 valence electrons. The Morgan fingerprint density at radius 2 is 0.421 bits per heavy atom. The minimum Gasteiger partial charge on any atom is -0.907 e. The number of hydrogen-bond acceptors (Lipinski definition) is 12. The fourth-order valence-corrected chi connectivity index (χ4v) is 0. The average Bonchev–Trinajstić information content (AvgIpc) is 1.76. The number of rotatable bonds is 0. The van der Waals surface area contributed by atoms with E-state index in [9.17, 15) is 0 Å². The molecule has 0 aromatic heterocycles. The molecule has 0 fully saturated rings. The van der Waals surface area contributed by atoms with E-state index in [0.29, 0.717) is 0 Å². The van der Waals surface area contributed by atoms with Crippen LogP contribution in [0.15, 0.2) is 0 Å². The van der Waals surface area contributed by atoms with Crippen molar-refractivity contribution in [2.75, 3.05) is 0 Å². The normalized spacial score (nSPS) is 5.68. The van der Waals surface area contributed by atoms with Gasteiger partial charge in [-0.2, -0.15) is 0 Å². The van der Waals surface area contributed by atoms with Crippen molar-refractivity contribution in [1.29, 1.82) is 0 Å². The maximum atomic E-state index is 8.42. The first-order chi connectivity index (χ1) is 6.93. The summed E-state index contributed by atoms with van der Waals surface area (Å²) < 4.78 is 0. The summed E-state index contributed by atoms with van der Waals surface area (Å²) in [6.45, 7) is 0. The van der Waals surface area contributed by atoms with Gasteiger partial charge in [0.15, 0.2) is 0 Å². The van der Waals surface area contributed by atoms with E-state index in [2.05, 4.69) is 0 Å². The van der Waals surface area contributed by atoms with Crippen LogP contribution in [0.25, 0.3) is 0 Å². The largest absolute Gasteiger partial charge is 2.00 e. The van der Waals surface area contributed by atoms with Crippen LogP contribution in [0.1, 0.15) is 0 Å². The molecule has 0 spiro atoms. The standard InChI is InChI=1S/2BH3O3.2BO3.3Mg/c4*2-1(3)4;;;/h2*2-4H;;;;;/q;;2*-3;3*+2. The molecule has 0 radical (unpaired) electrons. The van der Waals surface area contributed by atoms with Gasteiger partial charge in [0.05, 0.1) is 0 Å². The average molecular weight is 314 g/mol. The summed E-state index contributed by atoms with van der Waals surface area (Å²) in [4.78, 5) is 0. The quantitative estimate of drug-likeness (QED) is 0.227. The van der Waals surface area contributed by atoms with Gasteiger partial charge in [0.2, 0.25) is 0 Å². The molecule has 0 aromatic carbocycles. The Labute approximate surface area is 157 Å². The smallest absolute Gasteiger partial charge is 0.907 e. The van der Waals surface area contributed by atoms with Crippen LogP contribution in [0.2, 0.25) is 0 Å². The second-order valence-electron chi connectivity index (χ2n) is 1.27. The van der Waals surface area contributed by atoms with E-state index < -0.39 is 29.3 Å². The van der Waals surface area contributed by atoms with Crippen molar-refractivity contribution in [3.05, 3.63) is 0 Å². The Hall–Kier alpha value is 2.08. The van der Waals surface area contributed by atoms with Crippen LogP contribution in [0, 0.1) is 0 Å². The van der Waals surface area contributed by atoms with Gasteiger partial charge in [0, 0.05) is 0 Å². The third-order valence-corrected chi connectivity index (χ3v) is 0. The summed E-state index contributed by atoms with van der Waals surface area (Å²) in [6, 6.07) is 0. The second-order valence-corrected chi connectivity index (χ2v) is 1.27. The van der Waals surface area contributed by atoms with Crippen LogP contribution in [0.5, 0.6) is 0 Å². The Morgan fingerprint density at radius 3 is 0.421 bits per heavy atom. The van der Waals surface area contributed by atoms with Crippen molar-refractivity contribution < 1.29 is 60.3 Å². The molecule has 0 aliphatic carbocycles. The maximum absolute atomic E-state index is 8.42. The van der Waals surface area contributed by atoms with Crippen molar-refractivity contribution >= 4 is 98.4 Å². The van der Waals surface area contributed by atoms with Gasteiger partial charge in [-0.1, -0.05) is 0 Å². The van der Waals surface area contributed by atoms with Gasteiger partial charge in [-0.15, -0.1) is 0 Å². The molecule has 0 heterocycles. The molecule has 0 rings (SSSR count). The van der Waals surface area contributed by atoms with Gasteiger partial charge >= 0.3 is 83.8 Å². The maximum Gasteiger partial charge on any atom is 2.00 e. The summed E-state index contributed by atoms with van der Waals surface area (Å²) >= 11 is 0. The minimum atomic E-state index is -2.92. The Kier molecular flexibility index (Phi) is 83.2. The van der Waals surface area contributed by atoms with Crippen molar-refractivity contribution in [2.24, 2.45) is 0 Å². The van der Waals surface area contributed by atoms with Gasteiger partial charge in [-0.3, -0.25) is 14.6 Å². The molecular weight excluding hydrogens is 308 g/mol. The van der Waals surface area contributed by atoms with Crippen LogP contribution < -0.4 is 30.1 Å². The monoisotopic (exact) mass is 314 g/mol. The molecule has 0 saturated carbocycles. The molecule has 19 heteroatoms. The molecule has 0 unspecified atom stereocenters. The summed E-state index contributed by atoms with van der Waals surface area (Å²) in [5.74, 6) is 0. The van der Waals surface area contributed by atoms with Crippen LogP contribution in [-0.4, -0.2) is 129 Å². The first kappa shape index (κ1) is 42.9. The minimum absolute atomic E-state index is 0. The molecule has 19 heavy (non-hydrogen) atoms. The Bertz CT molecular complexity index is 68.0. The Morgan fingerprint density at radius 1 is 0.421 bits per heavy atom. The zero-order valence-electron chi connectivity index (χ0n) is 9.56. The van der Waals surface area contributed by atoms with Crippen LogP contribution in [-0.2, 0) is 0 Å². The van der Waals surface area contributed by atoms with Crippen molar-refractivity contribution in [2.45, 2.75) is 0 Å². The van der Waals surface area contributed by atoms with Crippen LogP contribution in [0.3, 0.4) is 0 Å². The number of hydrogen-bond donors (Lipinski definition) is 6. The van der Waals surface area contributed by atoms with E-state index in [-0.39, 0.29) is 69.2 Å². The summed E-state index contributed by atoms with van der Waals surface area (Å²) in [5, 5.41) is 93.5. The van der Waals surface area contributed by atoms with Crippen molar-refractivity contribution in [3.63, 3.8) is 0 Å². The van der Waals surface area contributed by atoms with E-state index in [1.54, 1.807) is 0 Å². The van der Waals surface area contributed by atoms with Gasteiger partial charge in [-0.25, -0.2) is 0 Å². The predicted molar refractivity (Wildman–Crippen MR) is 53.6 cm³/mol. The summed E-state index contributed by atoms with van der Waals surface area (Å²) in [5.41, 5.74) is 0. The second kappa shape index (κ2) is 36.9. The summed E-state index contributed by atoms with van der Waals surface area (Å²) in [7, 11) is -10.2. The third kappa shape index (κ3) is 1520. The molecule has 0 aliphatic heterocycles. The SMILES string of the molecule is OB(O)O.OB(O)O.[Mg+2].[Mg+2].[Mg+2].[O-]B([O-])[O-].[O-]B([O-])[O-]. The molecule has 0 amide bonds. The van der Waals surface area contributed by atoms with Crippen LogP contribution in [0.4, 0.5) is 0 Å². The van der Waals surface area contributed by atoms with Crippen LogP contribution >= 0.6 is 0 Å². The van der Waals surface area contributed by atoms with E-state index in [0.717, 1.165) is 0 Å². The van der Waals surface area contributed by atoms with E-state index in [1.165, 1.54) is 0 Å². The van der Waals surface area contributed by atoms with Gasteiger partial charge < -0.3 is 60.3 Å². The molecule has 12 nitrogen and oxygen atoms in total. The van der Waals surface area contributed by atoms with Gasteiger partial charge in [0.1, 0.15) is 0 Å². The topological polar surface area (TPSA) is 260 Å². The van der Waals surface area contributed by atoms with E-state index in [4.69, 9.17) is 60.3 Å². The van der Waals surface area contributed by atoms with Gasteiger partial charge in [0.25, 0.3) is 0 Å². The molecule has 0 aliphatic rings. The van der Waals surface area contributed by atoms with Crippen molar-refractivity contribution in [1.82, 2.24) is 0 Å². The fraction of sp³-hybridized carbons (Fsp3) is 0. The zero-order valence-corrected chi connectivity index (χ0v) is 13.8. The molecule has 0 saturated heterocycles. The molecule has 0 bridgehead atoms. The molecule has 6 N–H and O–H groups in total. The van der Waals surface area contributed by atoms with E-state index >= 15 is 0 Å². The van der Waals surface area contributed by atoms with Gasteiger partial charge in [-0.05, 0) is 0 Å². The molecule has 0 aromatic rings. The third-order valence-electron chi connectivity index (χ3n) is 0.